The molecule has 0 spiro atoms. The largest absolute Gasteiger partial charge is 0.573 e. The van der Waals surface area contributed by atoms with Crippen molar-refractivity contribution in [1.29, 1.82) is 0 Å². The molecule has 0 aliphatic rings. The van der Waals surface area contributed by atoms with Gasteiger partial charge in [0.05, 0.1) is 5.56 Å². The van der Waals surface area contributed by atoms with E-state index >= 15 is 0 Å². The lowest BCUT2D eigenvalue weighted by molar-refractivity contribution is -0.274. The molecule has 1 aromatic heterocycles. The van der Waals surface area contributed by atoms with E-state index < -0.39 is 12.3 Å². The zero-order chi connectivity index (χ0) is 19.4. The molecule has 0 saturated carbocycles. The quantitative estimate of drug-likeness (QED) is 0.583. The van der Waals surface area contributed by atoms with E-state index in [1.54, 1.807) is 12.1 Å². The van der Waals surface area contributed by atoms with Crippen molar-refractivity contribution in [3.8, 4) is 17.1 Å². The Morgan fingerprint density at radius 3 is 2.56 bits per heavy atom. The molecule has 0 atom stereocenters. The molecule has 3 aromatic rings. The number of alkyl halides is 3. The van der Waals surface area contributed by atoms with Gasteiger partial charge in [-0.05, 0) is 42.5 Å². The number of esters is 1. The molecule has 0 amide bonds. The molecule has 6 nitrogen and oxygen atoms in total. The molecule has 0 saturated heterocycles. The third-order valence-corrected chi connectivity index (χ3v) is 3.44. The van der Waals surface area contributed by atoms with E-state index in [1.807, 2.05) is 0 Å². The van der Waals surface area contributed by atoms with Crippen molar-refractivity contribution in [2.75, 3.05) is 0 Å². The number of carbonyl (C=O) groups excluding carboxylic acids is 1. The molecular formula is C17H10ClF3N2O4. The van der Waals surface area contributed by atoms with Crippen molar-refractivity contribution in [2.24, 2.45) is 0 Å². The molecule has 0 aliphatic heterocycles. The fraction of sp³-hybridized carbons (Fsp3) is 0.118. The van der Waals surface area contributed by atoms with Crippen molar-refractivity contribution < 1.29 is 32.0 Å². The molecule has 0 fully saturated rings. The highest BCUT2D eigenvalue weighted by molar-refractivity contribution is 6.30. The van der Waals surface area contributed by atoms with Crippen LogP contribution in [0.5, 0.6) is 5.75 Å². The van der Waals surface area contributed by atoms with Gasteiger partial charge in [0.1, 0.15) is 5.75 Å². The first-order chi connectivity index (χ1) is 12.8. The van der Waals surface area contributed by atoms with Crippen molar-refractivity contribution in [3.05, 3.63) is 65.0 Å². The van der Waals surface area contributed by atoms with E-state index in [4.69, 9.17) is 20.9 Å². The number of hydrogen-bond acceptors (Lipinski definition) is 6. The molecule has 3 rings (SSSR count). The van der Waals surface area contributed by atoms with Gasteiger partial charge >= 0.3 is 12.3 Å². The molecule has 1 heterocycles. The van der Waals surface area contributed by atoms with Crippen LogP contribution in [0.2, 0.25) is 5.02 Å². The number of carbonyl (C=O) groups is 1. The number of halogens is 4. The standard InChI is InChI=1S/C17H10ClF3N2O4/c18-12-3-1-2-11(8-12)16(24)25-9-14-22-15(23-27-14)10-4-6-13(7-5-10)26-17(19,20)21/h1-8H,9H2. The molecule has 2 aromatic carbocycles. The van der Waals surface area contributed by atoms with Crippen molar-refractivity contribution in [3.63, 3.8) is 0 Å². The van der Waals surface area contributed by atoms with Crippen LogP contribution in [-0.4, -0.2) is 22.5 Å². The third kappa shape index (κ3) is 5.20. The first-order valence-corrected chi connectivity index (χ1v) is 7.79. The van der Waals surface area contributed by atoms with E-state index in [1.165, 1.54) is 24.3 Å². The fourth-order valence-electron chi connectivity index (χ4n) is 2.06. The van der Waals surface area contributed by atoms with Gasteiger partial charge in [-0.2, -0.15) is 4.98 Å². The molecule has 27 heavy (non-hydrogen) atoms. The predicted molar refractivity (Wildman–Crippen MR) is 87.0 cm³/mol. The zero-order valence-corrected chi connectivity index (χ0v) is 14.1. The van der Waals surface area contributed by atoms with Crippen LogP contribution >= 0.6 is 11.6 Å². The van der Waals surface area contributed by atoms with Crippen LogP contribution in [0.25, 0.3) is 11.4 Å². The summed E-state index contributed by atoms with van der Waals surface area (Å²) >= 11 is 5.80. The van der Waals surface area contributed by atoms with E-state index in [9.17, 15) is 18.0 Å². The summed E-state index contributed by atoms with van der Waals surface area (Å²) in [5, 5.41) is 4.09. The van der Waals surface area contributed by atoms with Crippen molar-refractivity contribution in [2.45, 2.75) is 13.0 Å². The Bertz CT molecular complexity index is 942. The lowest BCUT2D eigenvalue weighted by atomic mass is 10.2. The van der Waals surface area contributed by atoms with Crippen LogP contribution in [0.3, 0.4) is 0 Å². The maximum Gasteiger partial charge on any atom is 0.573 e. The minimum absolute atomic E-state index is 0.0241. The smallest absolute Gasteiger partial charge is 0.452 e. The number of benzene rings is 2. The average molecular weight is 399 g/mol. The van der Waals surface area contributed by atoms with E-state index in [2.05, 4.69) is 14.9 Å². The number of aromatic nitrogens is 2. The second-order valence-corrected chi connectivity index (χ2v) is 5.61. The Balaban J connectivity index is 1.62. The zero-order valence-electron chi connectivity index (χ0n) is 13.4. The van der Waals surface area contributed by atoms with Crippen LogP contribution in [0, 0.1) is 0 Å². The topological polar surface area (TPSA) is 74.5 Å². The van der Waals surface area contributed by atoms with Crippen molar-refractivity contribution >= 4 is 17.6 Å². The summed E-state index contributed by atoms with van der Waals surface area (Å²) in [5.74, 6) is -0.838. The van der Waals surface area contributed by atoms with Crippen LogP contribution < -0.4 is 4.74 Å². The summed E-state index contributed by atoms with van der Waals surface area (Å²) in [6.45, 7) is -0.270. The van der Waals surface area contributed by atoms with Gasteiger partial charge in [0.2, 0.25) is 5.82 Å². The summed E-state index contributed by atoms with van der Waals surface area (Å²) in [7, 11) is 0. The van der Waals surface area contributed by atoms with Crippen LogP contribution in [-0.2, 0) is 11.3 Å². The maximum absolute atomic E-state index is 12.2. The van der Waals surface area contributed by atoms with Gasteiger partial charge in [-0.25, -0.2) is 4.79 Å². The number of hydrogen-bond donors (Lipinski definition) is 0. The van der Waals surface area contributed by atoms with Gasteiger partial charge in [0, 0.05) is 10.6 Å². The average Bonchev–Trinajstić information content (AvgIpc) is 3.08. The highest BCUT2D eigenvalue weighted by Crippen LogP contribution is 2.25. The normalized spacial score (nSPS) is 11.3. The van der Waals surface area contributed by atoms with Gasteiger partial charge in [0.25, 0.3) is 5.89 Å². The van der Waals surface area contributed by atoms with Gasteiger partial charge in [0.15, 0.2) is 6.61 Å². The van der Waals surface area contributed by atoms with E-state index in [-0.39, 0.29) is 29.6 Å². The first kappa shape index (κ1) is 18.7. The van der Waals surface area contributed by atoms with Crippen molar-refractivity contribution in [1.82, 2.24) is 10.1 Å². The Morgan fingerprint density at radius 1 is 1.15 bits per heavy atom. The summed E-state index contributed by atoms with van der Waals surface area (Å²) < 4.78 is 50.3. The van der Waals surface area contributed by atoms with Crippen LogP contribution in [0.1, 0.15) is 16.2 Å². The Labute approximate surface area is 155 Å². The van der Waals surface area contributed by atoms with Crippen LogP contribution in [0.15, 0.2) is 53.1 Å². The second kappa shape index (κ2) is 7.67. The summed E-state index contributed by atoms with van der Waals surface area (Å²) in [6, 6.07) is 11.1. The minimum atomic E-state index is -4.77. The van der Waals surface area contributed by atoms with Gasteiger partial charge in [-0.3, -0.25) is 0 Å². The number of rotatable bonds is 5. The lowest BCUT2D eigenvalue weighted by Gasteiger charge is -2.08. The second-order valence-electron chi connectivity index (χ2n) is 5.17. The van der Waals surface area contributed by atoms with Gasteiger partial charge < -0.3 is 14.0 Å². The molecule has 10 heteroatoms. The fourth-order valence-corrected chi connectivity index (χ4v) is 2.25. The Morgan fingerprint density at radius 2 is 1.89 bits per heavy atom. The summed E-state index contributed by atoms with van der Waals surface area (Å²) in [6.07, 6.45) is -4.77. The Kier molecular flexibility index (Phi) is 5.31. The molecule has 0 radical (unpaired) electrons. The Hall–Kier alpha value is -3.07. The number of ether oxygens (including phenoxy) is 2. The van der Waals surface area contributed by atoms with Crippen LogP contribution in [0.4, 0.5) is 13.2 Å². The molecule has 0 N–H and O–H groups in total. The minimum Gasteiger partial charge on any atom is -0.452 e. The highest BCUT2D eigenvalue weighted by Gasteiger charge is 2.31. The third-order valence-electron chi connectivity index (χ3n) is 3.20. The highest BCUT2D eigenvalue weighted by atomic mass is 35.5. The molecule has 140 valence electrons. The monoisotopic (exact) mass is 398 g/mol. The maximum atomic E-state index is 12.2. The van der Waals surface area contributed by atoms with Gasteiger partial charge in [-0.15, -0.1) is 13.2 Å². The van der Waals surface area contributed by atoms with E-state index in [0.717, 1.165) is 12.1 Å². The molecule has 0 unspecified atom stereocenters. The summed E-state index contributed by atoms with van der Waals surface area (Å²) in [5.41, 5.74) is 0.670. The lowest BCUT2D eigenvalue weighted by Crippen LogP contribution is -2.16. The van der Waals surface area contributed by atoms with E-state index in [0.29, 0.717) is 10.6 Å². The molecule has 0 aliphatic carbocycles. The molecular weight excluding hydrogens is 389 g/mol. The number of nitrogens with zero attached hydrogens (tertiary/aromatic N) is 2. The molecule has 0 bridgehead atoms. The SMILES string of the molecule is O=C(OCc1nc(-c2ccc(OC(F)(F)F)cc2)no1)c1cccc(Cl)c1. The predicted octanol–water partition coefficient (Wildman–Crippen LogP) is 4.65. The first-order valence-electron chi connectivity index (χ1n) is 7.41. The summed E-state index contributed by atoms with van der Waals surface area (Å²) in [4.78, 5) is 15.9. The van der Waals surface area contributed by atoms with Gasteiger partial charge in [-0.1, -0.05) is 22.8 Å².